The Morgan fingerprint density at radius 2 is 1.95 bits per heavy atom. The second-order valence-electron chi connectivity index (χ2n) is 4.65. The predicted molar refractivity (Wildman–Crippen MR) is 80.4 cm³/mol. The fourth-order valence-electron chi connectivity index (χ4n) is 2.19. The first-order chi connectivity index (χ1) is 9.70. The summed E-state index contributed by atoms with van der Waals surface area (Å²) >= 11 is 5.95. The van der Waals surface area contributed by atoms with Crippen LogP contribution in [-0.2, 0) is 0 Å². The molecule has 2 heterocycles. The van der Waals surface area contributed by atoms with Crippen molar-refractivity contribution in [2.75, 3.05) is 29.0 Å². The molecule has 104 valence electrons. The monoisotopic (exact) mass is 290 g/mol. The minimum Gasteiger partial charge on any atom is -0.368 e. The summed E-state index contributed by atoms with van der Waals surface area (Å²) in [7, 11) is 0. The van der Waals surface area contributed by atoms with Crippen molar-refractivity contribution < 1.29 is 0 Å². The second-order valence-corrected chi connectivity index (χ2v) is 5.08. The van der Waals surface area contributed by atoms with E-state index in [1.807, 2.05) is 18.2 Å². The largest absolute Gasteiger partial charge is 0.368 e. The molecule has 1 fully saturated rings. The molecule has 0 spiro atoms. The smallest absolute Gasteiger partial charge is 0.233 e. The molecule has 0 atom stereocenters. The maximum absolute atomic E-state index is 5.95. The summed E-state index contributed by atoms with van der Waals surface area (Å²) in [6, 6.07) is 7.36. The van der Waals surface area contributed by atoms with E-state index in [9.17, 15) is 0 Å². The average Bonchev–Trinajstić information content (AvgIpc) is 2.91. The van der Waals surface area contributed by atoms with Crippen molar-refractivity contribution in [2.45, 2.75) is 12.8 Å². The number of nitrogens with zero attached hydrogens (tertiary/aromatic N) is 4. The molecule has 1 saturated heterocycles. The molecular weight excluding hydrogens is 276 g/mol. The summed E-state index contributed by atoms with van der Waals surface area (Å²) in [6.45, 7) is 1.92. The summed E-state index contributed by atoms with van der Waals surface area (Å²) in [5.41, 5.74) is 6.57. The van der Waals surface area contributed by atoms with E-state index in [0.29, 0.717) is 16.9 Å². The summed E-state index contributed by atoms with van der Waals surface area (Å²) in [5, 5.41) is 3.75. The molecule has 0 aliphatic carbocycles. The van der Waals surface area contributed by atoms with Gasteiger partial charge >= 0.3 is 0 Å². The Morgan fingerprint density at radius 3 is 2.70 bits per heavy atom. The number of halogens is 1. The highest BCUT2D eigenvalue weighted by atomic mass is 35.5. The Hall–Kier alpha value is -2.08. The zero-order chi connectivity index (χ0) is 13.9. The highest BCUT2D eigenvalue weighted by Crippen LogP contribution is 2.21. The normalized spacial score (nSPS) is 14.6. The zero-order valence-corrected chi connectivity index (χ0v) is 11.6. The number of rotatable bonds is 3. The van der Waals surface area contributed by atoms with Gasteiger partial charge in [-0.3, -0.25) is 0 Å². The molecule has 0 bridgehead atoms. The third kappa shape index (κ3) is 2.91. The SMILES string of the molecule is Nc1nc(Nc2cccc(Cl)c2)nc(N2CCCC2)n1. The van der Waals surface area contributed by atoms with Crippen LogP contribution in [0.2, 0.25) is 5.02 Å². The van der Waals surface area contributed by atoms with E-state index in [1.165, 1.54) is 0 Å². The number of hydrogen-bond donors (Lipinski definition) is 2. The Kier molecular flexibility index (Phi) is 3.56. The third-order valence-corrected chi connectivity index (χ3v) is 3.35. The van der Waals surface area contributed by atoms with E-state index in [4.69, 9.17) is 17.3 Å². The van der Waals surface area contributed by atoms with Crippen molar-refractivity contribution >= 4 is 35.1 Å². The molecule has 7 heteroatoms. The third-order valence-electron chi connectivity index (χ3n) is 3.11. The number of nitrogen functional groups attached to an aromatic ring is 1. The summed E-state index contributed by atoms with van der Waals surface area (Å²) in [5.74, 6) is 1.27. The first-order valence-electron chi connectivity index (χ1n) is 6.50. The first-order valence-corrected chi connectivity index (χ1v) is 6.87. The number of hydrogen-bond acceptors (Lipinski definition) is 6. The number of aromatic nitrogens is 3. The van der Waals surface area contributed by atoms with Crippen LogP contribution in [0.4, 0.5) is 23.5 Å². The van der Waals surface area contributed by atoms with Crippen molar-refractivity contribution in [1.82, 2.24) is 15.0 Å². The highest BCUT2D eigenvalue weighted by molar-refractivity contribution is 6.30. The van der Waals surface area contributed by atoms with Crippen molar-refractivity contribution in [3.05, 3.63) is 29.3 Å². The minimum atomic E-state index is 0.214. The van der Waals surface area contributed by atoms with E-state index < -0.39 is 0 Å². The van der Waals surface area contributed by atoms with Crippen LogP contribution in [0.25, 0.3) is 0 Å². The van der Waals surface area contributed by atoms with Crippen LogP contribution in [0.1, 0.15) is 12.8 Å². The average molecular weight is 291 g/mol. The number of benzene rings is 1. The van der Waals surface area contributed by atoms with E-state index in [1.54, 1.807) is 6.07 Å². The van der Waals surface area contributed by atoms with Crippen LogP contribution < -0.4 is 16.0 Å². The van der Waals surface area contributed by atoms with Gasteiger partial charge in [0, 0.05) is 23.8 Å². The fraction of sp³-hybridized carbons (Fsp3) is 0.308. The quantitative estimate of drug-likeness (QED) is 0.904. The summed E-state index contributed by atoms with van der Waals surface area (Å²) in [6.07, 6.45) is 2.31. The Balaban J connectivity index is 1.85. The molecule has 20 heavy (non-hydrogen) atoms. The lowest BCUT2D eigenvalue weighted by atomic mass is 10.3. The molecule has 0 unspecified atom stereocenters. The molecule has 3 rings (SSSR count). The molecule has 0 radical (unpaired) electrons. The number of anilines is 4. The van der Waals surface area contributed by atoms with Gasteiger partial charge in [0.1, 0.15) is 0 Å². The van der Waals surface area contributed by atoms with Crippen molar-refractivity contribution in [3.8, 4) is 0 Å². The van der Waals surface area contributed by atoms with Gasteiger partial charge in [0.15, 0.2) is 0 Å². The van der Waals surface area contributed by atoms with Gasteiger partial charge in [-0.2, -0.15) is 15.0 Å². The number of nitrogens with one attached hydrogen (secondary N) is 1. The van der Waals surface area contributed by atoms with Crippen LogP contribution in [-0.4, -0.2) is 28.0 Å². The molecule has 2 aromatic rings. The molecule has 0 amide bonds. The minimum absolute atomic E-state index is 0.214. The lowest BCUT2D eigenvalue weighted by Crippen LogP contribution is -2.21. The summed E-state index contributed by atoms with van der Waals surface area (Å²) in [4.78, 5) is 14.8. The molecule has 6 nitrogen and oxygen atoms in total. The molecule has 1 aliphatic rings. The lowest BCUT2D eigenvalue weighted by molar-refractivity contribution is 0.887. The Bertz CT molecular complexity index is 612. The maximum Gasteiger partial charge on any atom is 0.233 e. The standard InChI is InChI=1S/C13H15ClN6/c14-9-4-3-5-10(8-9)16-12-17-11(15)18-13(19-12)20-6-1-2-7-20/h3-5,8H,1-2,6-7H2,(H3,15,16,17,18,19). The highest BCUT2D eigenvalue weighted by Gasteiger charge is 2.16. The van der Waals surface area contributed by atoms with Gasteiger partial charge in [-0.15, -0.1) is 0 Å². The van der Waals surface area contributed by atoms with E-state index >= 15 is 0 Å². The van der Waals surface area contributed by atoms with Gasteiger partial charge in [-0.05, 0) is 31.0 Å². The van der Waals surface area contributed by atoms with Crippen LogP contribution in [0.5, 0.6) is 0 Å². The van der Waals surface area contributed by atoms with Gasteiger partial charge in [0.2, 0.25) is 17.8 Å². The fourth-order valence-corrected chi connectivity index (χ4v) is 2.38. The predicted octanol–water partition coefficient (Wildman–Crippen LogP) is 2.45. The van der Waals surface area contributed by atoms with Gasteiger partial charge in [0.05, 0.1) is 0 Å². The summed E-state index contributed by atoms with van der Waals surface area (Å²) < 4.78 is 0. The van der Waals surface area contributed by atoms with E-state index in [2.05, 4.69) is 25.2 Å². The Morgan fingerprint density at radius 1 is 1.15 bits per heavy atom. The maximum atomic E-state index is 5.95. The first kappa shape index (κ1) is 12.9. The van der Waals surface area contributed by atoms with Crippen LogP contribution in [0, 0.1) is 0 Å². The van der Waals surface area contributed by atoms with Gasteiger partial charge < -0.3 is 16.0 Å². The molecular formula is C13H15ClN6. The van der Waals surface area contributed by atoms with Gasteiger partial charge in [-0.1, -0.05) is 17.7 Å². The molecule has 1 aromatic heterocycles. The van der Waals surface area contributed by atoms with Crippen LogP contribution >= 0.6 is 11.6 Å². The van der Waals surface area contributed by atoms with Crippen LogP contribution in [0.3, 0.4) is 0 Å². The molecule has 1 aliphatic heterocycles. The molecule has 1 aromatic carbocycles. The van der Waals surface area contributed by atoms with Crippen molar-refractivity contribution in [2.24, 2.45) is 0 Å². The lowest BCUT2D eigenvalue weighted by Gasteiger charge is -2.16. The number of nitrogens with two attached hydrogens (primary N) is 1. The van der Waals surface area contributed by atoms with Crippen molar-refractivity contribution in [3.63, 3.8) is 0 Å². The Labute approximate surface area is 122 Å². The van der Waals surface area contributed by atoms with Crippen molar-refractivity contribution in [1.29, 1.82) is 0 Å². The zero-order valence-electron chi connectivity index (χ0n) is 10.9. The van der Waals surface area contributed by atoms with E-state index in [0.717, 1.165) is 31.6 Å². The topological polar surface area (TPSA) is 80.0 Å². The second kappa shape index (κ2) is 5.50. The molecule has 0 saturated carbocycles. The molecule has 3 N–H and O–H groups in total. The van der Waals surface area contributed by atoms with Crippen LogP contribution in [0.15, 0.2) is 24.3 Å². The van der Waals surface area contributed by atoms with Gasteiger partial charge in [-0.25, -0.2) is 0 Å². The van der Waals surface area contributed by atoms with Gasteiger partial charge in [0.25, 0.3) is 0 Å². The van der Waals surface area contributed by atoms with E-state index in [-0.39, 0.29) is 5.95 Å².